The third kappa shape index (κ3) is 2.01. The van der Waals surface area contributed by atoms with Crippen LogP contribution in [0.25, 0.3) is 0 Å². The fourth-order valence-electron chi connectivity index (χ4n) is 0.548. The van der Waals surface area contributed by atoms with Crippen molar-refractivity contribution in [3.8, 4) is 0 Å². The van der Waals surface area contributed by atoms with Crippen LogP contribution in [-0.2, 0) is 0 Å². The van der Waals surface area contributed by atoms with E-state index in [4.69, 9.17) is 0 Å². The van der Waals surface area contributed by atoms with E-state index in [1.54, 1.807) is 18.9 Å². The molecule has 0 aliphatic heterocycles. The maximum atomic E-state index is 4.16. The van der Waals surface area contributed by atoms with Crippen LogP contribution in [0.2, 0.25) is 0 Å². The molecule has 0 radical (unpaired) electrons. The van der Waals surface area contributed by atoms with Crippen molar-refractivity contribution in [1.82, 2.24) is 9.55 Å². The Labute approximate surface area is 60.4 Å². The molecule has 0 aliphatic carbocycles. The number of hydrogen-bond acceptors (Lipinski definition) is 2. The first-order valence-corrected chi connectivity index (χ1v) is 3.30. The molecular formula is C7H11N3. The smallest absolute Gasteiger partial charge is 0.0998 e. The number of rotatable bonds is 2. The zero-order valence-corrected chi connectivity index (χ0v) is 6.23. The molecule has 0 amide bonds. The second kappa shape index (κ2) is 3.15. The van der Waals surface area contributed by atoms with Crippen molar-refractivity contribution in [2.24, 2.45) is 4.99 Å². The minimum absolute atomic E-state index is 0.349. The SMILES string of the molecule is CC(C)N=Cn1ccnc1. The molecule has 0 bridgehead atoms. The minimum atomic E-state index is 0.349. The van der Waals surface area contributed by atoms with E-state index in [0.717, 1.165) is 0 Å². The van der Waals surface area contributed by atoms with Crippen LogP contribution in [0.15, 0.2) is 23.7 Å². The normalized spacial score (nSPS) is 11.5. The lowest BCUT2D eigenvalue weighted by Crippen LogP contribution is -1.95. The Hall–Kier alpha value is -1.12. The maximum absolute atomic E-state index is 4.16. The highest BCUT2D eigenvalue weighted by atomic mass is 15.1. The average Bonchev–Trinajstić information content (AvgIpc) is 2.34. The van der Waals surface area contributed by atoms with Crippen molar-refractivity contribution >= 4 is 6.34 Å². The Kier molecular flexibility index (Phi) is 2.20. The molecule has 10 heavy (non-hydrogen) atoms. The standard InChI is InChI=1S/C7H11N3/c1-7(2)9-6-10-4-3-8-5-10/h3-7H,1-2H3. The summed E-state index contributed by atoms with van der Waals surface area (Å²) in [4.78, 5) is 8.04. The molecule has 0 saturated heterocycles. The third-order valence-electron chi connectivity index (χ3n) is 1.02. The lowest BCUT2D eigenvalue weighted by Gasteiger charge is -1.93. The van der Waals surface area contributed by atoms with Gasteiger partial charge in [0.05, 0.1) is 12.7 Å². The van der Waals surface area contributed by atoms with E-state index in [2.05, 4.69) is 9.98 Å². The molecule has 0 spiro atoms. The van der Waals surface area contributed by atoms with Gasteiger partial charge < -0.3 is 0 Å². The van der Waals surface area contributed by atoms with Crippen LogP contribution < -0.4 is 0 Å². The summed E-state index contributed by atoms with van der Waals surface area (Å²) < 4.78 is 1.82. The summed E-state index contributed by atoms with van der Waals surface area (Å²) in [5.74, 6) is 0. The number of aliphatic imine (C=N–C) groups is 1. The number of hydrogen-bond donors (Lipinski definition) is 0. The van der Waals surface area contributed by atoms with Crippen LogP contribution in [-0.4, -0.2) is 21.9 Å². The summed E-state index contributed by atoms with van der Waals surface area (Å²) in [6.07, 6.45) is 7.06. The fourth-order valence-corrected chi connectivity index (χ4v) is 0.548. The molecule has 0 fully saturated rings. The van der Waals surface area contributed by atoms with Crippen molar-refractivity contribution in [3.05, 3.63) is 18.7 Å². The minimum Gasteiger partial charge on any atom is -0.297 e. The maximum Gasteiger partial charge on any atom is 0.0998 e. The molecule has 0 unspecified atom stereocenters. The monoisotopic (exact) mass is 137 g/mol. The largest absolute Gasteiger partial charge is 0.297 e. The first kappa shape index (κ1) is 6.99. The highest BCUT2D eigenvalue weighted by Gasteiger charge is 1.84. The van der Waals surface area contributed by atoms with E-state index in [0.29, 0.717) is 6.04 Å². The van der Waals surface area contributed by atoms with Crippen LogP contribution in [0.4, 0.5) is 0 Å². The van der Waals surface area contributed by atoms with Crippen LogP contribution in [0.5, 0.6) is 0 Å². The summed E-state index contributed by atoms with van der Waals surface area (Å²) in [5.41, 5.74) is 0. The fraction of sp³-hybridized carbons (Fsp3) is 0.429. The van der Waals surface area contributed by atoms with Crippen molar-refractivity contribution in [2.45, 2.75) is 19.9 Å². The van der Waals surface area contributed by atoms with Gasteiger partial charge >= 0.3 is 0 Å². The Morgan fingerprint density at radius 1 is 1.60 bits per heavy atom. The molecule has 54 valence electrons. The molecule has 0 saturated carbocycles. The average molecular weight is 137 g/mol. The molecule has 0 aromatic carbocycles. The van der Waals surface area contributed by atoms with Crippen molar-refractivity contribution in [3.63, 3.8) is 0 Å². The Bertz CT molecular complexity index is 199. The van der Waals surface area contributed by atoms with Crippen LogP contribution in [0.3, 0.4) is 0 Å². The Balaban J connectivity index is 2.55. The summed E-state index contributed by atoms with van der Waals surface area (Å²) in [6.45, 7) is 4.07. The molecule has 1 heterocycles. The molecule has 3 nitrogen and oxygen atoms in total. The van der Waals surface area contributed by atoms with Gasteiger partial charge in [0, 0.05) is 18.4 Å². The number of aromatic nitrogens is 2. The molecular weight excluding hydrogens is 126 g/mol. The predicted molar refractivity (Wildman–Crippen MR) is 41.3 cm³/mol. The van der Waals surface area contributed by atoms with Crippen LogP contribution in [0.1, 0.15) is 13.8 Å². The van der Waals surface area contributed by atoms with E-state index >= 15 is 0 Å². The van der Waals surface area contributed by atoms with Gasteiger partial charge in [-0.15, -0.1) is 0 Å². The van der Waals surface area contributed by atoms with Crippen molar-refractivity contribution in [2.75, 3.05) is 0 Å². The highest BCUT2D eigenvalue weighted by Crippen LogP contribution is 1.84. The van der Waals surface area contributed by atoms with Gasteiger partial charge in [0.1, 0.15) is 0 Å². The number of imidazole rings is 1. The summed E-state index contributed by atoms with van der Waals surface area (Å²) >= 11 is 0. The van der Waals surface area contributed by atoms with Gasteiger partial charge in [0.25, 0.3) is 0 Å². The first-order valence-electron chi connectivity index (χ1n) is 3.30. The lowest BCUT2D eigenvalue weighted by atomic mass is 10.4. The van der Waals surface area contributed by atoms with Gasteiger partial charge in [-0.3, -0.25) is 9.56 Å². The first-order chi connectivity index (χ1) is 4.79. The van der Waals surface area contributed by atoms with Crippen molar-refractivity contribution in [1.29, 1.82) is 0 Å². The second-order valence-corrected chi connectivity index (χ2v) is 2.37. The molecule has 0 atom stereocenters. The molecule has 3 heteroatoms. The van der Waals surface area contributed by atoms with Gasteiger partial charge in [0.2, 0.25) is 0 Å². The quantitative estimate of drug-likeness (QED) is 0.444. The van der Waals surface area contributed by atoms with Gasteiger partial charge in [-0.05, 0) is 13.8 Å². The van der Waals surface area contributed by atoms with Crippen LogP contribution >= 0.6 is 0 Å². The lowest BCUT2D eigenvalue weighted by molar-refractivity contribution is 0.833. The van der Waals surface area contributed by atoms with E-state index in [1.807, 2.05) is 24.6 Å². The van der Waals surface area contributed by atoms with E-state index < -0.39 is 0 Å². The third-order valence-corrected chi connectivity index (χ3v) is 1.02. The summed E-state index contributed by atoms with van der Waals surface area (Å²) in [6, 6.07) is 0.349. The molecule has 1 aromatic rings. The predicted octanol–water partition coefficient (Wildman–Crippen LogP) is 1.17. The zero-order valence-electron chi connectivity index (χ0n) is 6.23. The van der Waals surface area contributed by atoms with Crippen molar-refractivity contribution < 1.29 is 0 Å². The molecule has 1 aromatic heterocycles. The Morgan fingerprint density at radius 2 is 2.40 bits per heavy atom. The molecule has 1 rings (SSSR count). The van der Waals surface area contributed by atoms with Gasteiger partial charge in [-0.2, -0.15) is 0 Å². The molecule has 0 aliphatic rings. The van der Waals surface area contributed by atoms with E-state index in [9.17, 15) is 0 Å². The highest BCUT2D eigenvalue weighted by molar-refractivity contribution is 5.57. The van der Waals surface area contributed by atoms with Gasteiger partial charge in [-0.25, -0.2) is 4.98 Å². The van der Waals surface area contributed by atoms with E-state index in [1.165, 1.54) is 0 Å². The van der Waals surface area contributed by atoms with Gasteiger partial charge in [-0.1, -0.05) is 0 Å². The summed E-state index contributed by atoms with van der Waals surface area (Å²) in [7, 11) is 0. The van der Waals surface area contributed by atoms with Gasteiger partial charge in [0.15, 0.2) is 0 Å². The topological polar surface area (TPSA) is 30.2 Å². The number of nitrogens with zero attached hydrogens (tertiary/aromatic N) is 3. The second-order valence-electron chi connectivity index (χ2n) is 2.37. The Morgan fingerprint density at radius 3 is 2.90 bits per heavy atom. The van der Waals surface area contributed by atoms with Crippen LogP contribution in [0, 0.1) is 0 Å². The van der Waals surface area contributed by atoms with E-state index in [-0.39, 0.29) is 0 Å². The summed E-state index contributed by atoms with van der Waals surface area (Å²) in [5, 5.41) is 0. The zero-order chi connectivity index (χ0) is 7.40. The molecule has 0 N–H and O–H groups in total.